The van der Waals surface area contributed by atoms with E-state index >= 15 is 0 Å². The van der Waals surface area contributed by atoms with E-state index in [-0.39, 0.29) is 5.25 Å². The number of hydrogen-bond donors (Lipinski definition) is 2. The lowest BCUT2D eigenvalue weighted by molar-refractivity contribution is 0.0114. The van der Waals surface area contributed by atoms with Gasteiger partial charge in [-0.2, -0.15) is 0 Å². The van der Waals surface area contributed by atoms with Crippen LogP contribution < -0.4 is 14.9 Å². The molecular weight excluding hydrogens is 374 g/mol. The van der Waals surface area contributed by atoms with Crippen LogP contribution in [0.5, 0.6) is 0 Å². The van der Waals surface area contributed by atoms with E-state index in [1.807, 2.05) is 0 Å². The summed E-state index contributed by atoms with van der Waals surface area (Å²) in [6.07, 6.45) is 3.18. The van der Waals surface area contributed by atoms with Crippen LogP contribution >= 0.6 is 0 Å². The van der Waals surface area contributed by atoms with Crippen LogP contribution in [0.15, 0.2) is 24.3 Å². The van der Waals surface area contributed by atoms with E-state index in [0.29, 0.717) is 18.6 Å². The van der Waals surface area contributed by atoms with Crippen molar-refractivity contribution in [3.05, 3.63) is 24.3 Å². The second-order valence-corrected chi connectivity index (χ2v) is 10.4. The van der Waals surface area contributed by atoms with Gasteiger partial charge in [0.15, 0.2) is 0 Å². The summed E-state index contributed by atoms with van der Waals surface area (Å²) in [5, 5.41) is 3.08. The summed E-state index contributed by atoms with van der Waals surface area (Å²) in [5.41, 5.74) is 2.37. The first-order valence-electron chi connectivity index (χ1n) is 10.5. The zero-order chi connectivity index (χ0) is 20.6. The molecule has 1 aliphatic heterocycles. The number of ether oxygens (including phenoxy) is 1. The highest BCUT2D eigenvalue weighted by molar-refractivity contribution is 7.90. The fourth-order valence-electron chi connectivity index (χ4n) is 3.14. The highest BCUT2D eigenvalue weighted by atomic mass is 32.2. The van der Waals surface area contributed by atoms with Crippen LogP contribution in [-0.4, -0.2) is 52.6 Å². The molecule has 2 N–H and O–H groups in total. The third kappa shape index (κ3) is 7.26. The average Bonchev–Trinajstić information content (AvgIpc) is 2.67. The number of anilines is 2. The number of morpholine rings is 1. The van der Waals surface area contributed by atoms with Crippen molar-refractivity contribution in [2.24, 2.45) is 5.92 Å². The molecule has 7 heteroatoms. The molecule has 1 aliphatic rings. The van der Waals surface area contributed by atoms with E-state index in [4.69, 9.17) is 4.74 Å². The number of sulfonamides is 1. The fraction of sp³-hybridized carbons (Fsp3) is 0.714. The summed E-state index contributed by atoms with van der Waals surface area (Å²) in [5.74, 6) is 0.532. The third-order valence-corrected chi connectivity index (χ3v) is 7.02. The standard InChI is InChI=1S/C21H37N3O3S/c1-17(2)21-16-24(14-15-27-21)20-10-8-19(9-11-20)22-12-6-5-7-13-23-28(25,26)18(3)4/h8-11,17-18,21-23H,5-7,12-16H2,1-4H3/t21-/m0/s1. The van der Waals surface area contributed by atoms with Gasteiger partial charge in [0.1, 0.15) is 0 Å². The molecule has 0 saturated carbocycles. The van der Waals surface area contributed by atoms with Gasteiger partial charge in [-0.1, -0.05) is 20.3 Å². The van der Waals surface area contributed by atoms with E-state index in [1.165, 1.54) is 5.69 Å². The van der Waals surface area contributed by atoms with Crippen molar-refractivity contribution in [1.82, 2.24) is 4.72 Å². The third-order valence-electron chi connectivity index (χ3n) is 5.18. The largest absolute Gasteiger partial charge is 0.385 e. The van der Waals surface area contributed by atoms with Crippen molar-refractivity contribution >= 4 is 21.4 Å². The van der Waals surface area contributed by atoms with Gasteiger partial charge in [0.25, 0.3) is 0 Å². The average molecular weight is 412 g/mol. The number of hydrogen-bond acceptors (Lipinski definition) is 5. The van der Waals surface area contributed by atoms with Crippen molar-refractivity contribution in [3.8, 4) is 0 Å². The van der Waals surface area contributed by atoms with Gasteiger partial charge in [0.05, 0.1) is 18.0 Å². The quantitative estimate of drug-likeness (QED) is 0.546. The van der Waals surface area contributed by atoms with Gasteiger partial charge in [-0.3, -0.25) is 0 Å². The molecule has 6 nitrogen and oxygen atoms in total. The summed E-state index contributed by atoms with van der Waals surface area (Å²) in [6, 6.07) is 8.61. The van der Waals surface area contributed by atoms with Crippen LogP contribution in [0.25, 0.3) is 0 Å². The van der Waals surface area contributed by atoms with E-state index < -0.39 is 10.0 Å². The summed E-state index contributed by atoms with van der Waals surface area (Å²) < 4.78 is 31.8. The van der Waals surface area contributed by atoms with Crippen LogP contribution in [0.3, 0.4) is 0 Å². The Labute approximate surface area is 171 Å². The van der Waals surface area contributed by atoms with Crippen molar-refractivity contribution in [3.63, 3.8) is 0 Å². The van der Waals surface area contributed by atoms with E-state index in [0.717, 1.165) is 51.2 Å². The molecule has 0 bridgehead atoms. The fourth-order valence-corrected chi connectivity index (χ4v) is 3.91. The monoisotopic (exact) mass is 411 g/mol. The van der Waals surface area contributed by atoms with E-state index in [1.54, 1.807) is 13.8 Å². The summed E-state index contributed by atoms with van der Waals surface area (Å²) in [4.78, 5) is 2.40. The Hall–Kier alpha value is -1.31. The molecule has 1 saturated heterocycles. The smallest absolute Gasteiger partial charge is 0.213 e. The molecule has 2 rings (SSSR count). The first kappa shape index (κ1) is 23.0. The molecule has 0 radical (unpaired) electrons. The Morgan fingerprint density at radius 2 is 1.75 bits per heavy atom. The van der Waals surface area contributed by atoms with Gasteiger partial charge in [-0.25, -0.2) is 13.1 Å². The summed E-state index contributed by atoms with van der Waals surface area (Å²) >= 11 is 0. The van der Waals surface area contributed by atoms with Crippen molar-refractivity contribution < 1.29 is 13.2 Å². The van der Waals surface area contributed by atoms with Crippen LogP contribution in [0.4, 0.5) is 11.4 Å². The highest BCUT2D eigenvalue weighted by Gasteiger charge is 2.23. The Morgan fingerprint density at radius 3 is 2.39 bits per heavy atom. The minimum atomic E-state index is -3.13. The molecule has 0 aliphatic carbocycles. The Kier molecular flexibility index (Phi) is 9.05. The first-order valence-corrected chi connectivity index (χ1v) is 12.0. The number of benzene rings is 1. The topological polar surface area (TPSA) is 70.7 Å². The molecule has 28 heavy (non-hydrogen) atoms. The number of unbranched alkanes of at least 4 members (excludes halogenated alkanes) is 2. The predicted octanol–water partition coefficient (Wildman–Crippen LogP) is 3.46. The second kappa shape index (κ2) is 11.0. The molecule has 1 aromatic carbocycles. The minimum Gasteiger partial charge on any atom is -0.385 e. The zero-order valence-corrected chi connectivity index (χ0v) is 18.6. The Morgan fingerprint density at radius 1 is 1.07 bits per heavy atom. The van der Waals surface area contributed by atoms with E-state index in [9.17, 15) is 8.42 Å². The SMILES string of the molecule is CC(C)[C@@H]1CN(c2ccc(NCCCCCNS(=O)(=O)C(C)C)cc2)CCO1. The minimum absolute atomic E-state index is 0.302. The molecule has 1 fully saturated rings. The number of nitrogens with zero attached hydrogens (tertiary/aromatic N) is 1. The van der Waals surface area contributed by atoms with E-state index in [2.05, 4.69) is 53.1 Å². The first-order chi connectivity index (χ1) is 13.3. The zero-order valence-electron chi connectivity index (χ0n) is 17.8. The predicted molar refractivity (Wildman–Crippen MR) is 118 cm³/mol. The maximum atomic E-state index is 11.7. The Balaban J connectivity index is 1.65. The summed E-state index contributed by atoms with van der Waals surface area (Å²) in [7, 11) is -3.13. The second-order valence-electron chi connectivity index (χ2n) is 8.12. The summed E-state index contributed by atoms with van der Waals surface area (Å²) in [6.45, 7) is 11.9. The van der Waals surface area contributed by atoms with Crippen molar-refractivity contribution in [2.45, 2.75) is 58.3 Å². The molecule has 160 valence electrons. The van der Waals surface area contributed by atoms with Gasteiger partial charge in [0, 0.05) is 37.6 Å². The molecule has 0 aromatic heterocycles. The van der Waals surface area contributed by atoms with Gasteiger partial charge >= 0.3 is 0 Å². The normalized spacial score (nSPS) is 18.1. The molecule has 0 unspecified atom stereocenters. The number of nitrogens with one attached hydrogen (secondary N) is 2. The molecule has 1 aromatic rings. The molecular formula is C21H37N3O3S. The van der Waals surface area contributed by atoms with Gasteiger partial charge < -0.3 is 15.0 Å². The lowest BCUT2D eigenvalue weighted by atomic mass is 10.1. The molecule has 0 spiro atoms. The van der Waals surface area contributed by atoms with Crippen molar-refractivity contribution in [2.75, 3.05) is 43.0 Å². The van der Waals surface area contributed by atoms with Gasteiger partial charge in [-0.15, -0.1) is 0 Å². The molecule has 1 atom stereocenters. The van der Waals surface area contributed by atoms with Crippen LogP contribution in [-0.2, 0) is 14.8 Å². The highest BCUT2D eigenvalue weighted by Crippen LogP contribution is 2.22. The van der Waals surface area contributed by atoms with Gasteiger partial charge in [-0.05, 0) is 56.9 Å². The van der Waals surface area contributed by atoms with Crippen LogP contribution in [0.2, 0.25) is 0 Å². The lowest BCUT2D eigenvalue weighted by Crippen LogP contribution is -2.44. The van der Waals surface area contributed by atoms with Gasteiger partial charge in [0.2, 0.25) is 10.0 Å². The maximum absolute atomic E-state index is 11.7. The lowest BCUT2D eigenvalue weighted by Gasteiger charge is -2.36. The maximum Gasteiger partial charge on any atom is 0.213 e. The van der Waals surface area contributed by atoms with Crippen LogP contribution in [0, 0.1) is 5.92 Å². The Bertz CT molecular complexity index is 675. The number of rotatable bonds is 11. The van der Waals surface area contributed by atoms with Crippen LogP contribution in [0.1, 0.15) is 47.0 Å². The molecule has 0 amide bonds. The molecule has 1 heterocycles. The van der Waals surface area contributed by atoms with Crippen molar-refractivity contribution in [1.29, 1.82) is 0 Å².